The van der Waals surface area contributed by atoms with E-state index in [0.717, 1.165) is 37.6 Å². The number of nitrogens with zero attached hydrogens (tertiary/aromatic N) is 1. The van der Waals surface area contributed by atoms with Crippen molar-refractivity contribution < 1.29 is 13.6 Å². The molecule has 1 saturated heterocycles. The van der Waals surface area contributed by atoms with Crippen LogP contribution in [0.25, 0.3) is 0 Å². The molecule has 1 aromatic carbocycles. The summed E-state index contributed by atoms with van der Waals surface area (Å²) in [7, 11) is 0. The standard InChI is InChI=1S/C17H22F2N2O/c18-14-6-3-7-15(19)17(14)20-16(22)11-21-9-8-12-4-1-2-5-13(12)10-21/h3,6-7,12-13H,1-2,4-5,8-11H2,(H,20,22)/t12-,13-/m1/s1. The Morgan fingerprint density at radius 1 is 1.14 bits per heavy atom. The molecule has 3 rings (SSSR count). The Morgan fingerprint density at radius 3 is 2.55 bits per heavy atom. The third-order valence-corrected chi connectivity index (χ3v) is 4.97. The van der Waals surface area contributed by atoms with Crippen LogP contribution in [0, 0.1) is 23.5 Å². The maximum Gasteiger partial charge on any atom is 0.238 e. The SMILES string of the molecule is O=C(CN1CC[C@H]2CCCC[C@@H]2C1)Nc1c(F)cccc1F. The number of likely N-dealkylation sites (tertiary alicyclic amines) is 1. The molecule has 0 bridgehead atoms. The first kappa shape index (κ1) is 15.4. The molecule has 0 unspecified atom stereocenters. The van der Waals surface area contributed by atoms with Gasteiger partial charge in [0.1, 0.15) is 17.3 Å². The first-order chi connectivity index (χ1) is 10.6. The molecule has 2 fully saturated rings. The van der Waals surface area contributed by atoms with E-state index in [9.17, 15) is 13.6 Å². The zero-order valence-electron chi connectivity index (χ0n) is 12.7. The van der Waals surface area contributed by atoms with Crippen LogP contribution in [0.15, 0.2) is 18.2 Å². The molecule has 0 radical (unpaired) electrons. The summed E-state index contributed by atoms with van der Waals surface area (Å²) in [6.45, 7) is 2.03. The van der Waals surface area contributed by atoms with Crippen LogP contribution in [0.2, 0.25) is 0 Å². The highest BCUT2D eigenvalue weighted by molar-refractivity contribution is 5.92. The maximum atomic E-state index is 13.5. The van der Waals surface area contributed by atoms with Gasteiger partial charge in [-0.25, -0.2) is 8.78 Å². The third-order valence-electron chi connectivity index (χ3n) is 4.97. The Hall–Kier alpha value is -1.49. The lowest BCUT2D eigenvalue weighted by molar-refractivity contribution is -0.118. The lowest BCUT2D eigenvalue weighted by Crippen LogP contribution is -2.44. The molecule has 1 aromatic rings. The predicted molar refractivity (Wildman–Crippen MR) is 81.5 cm³/mol. The van der Waals surface area contributed by atoms with E-state index in [1.54, 1.807) is 0 Å². The Labute approximate surface area is 129 Å². The number of hydrogen-bond donors (Lipinski definition) is 1. The highest BCUT2D eigenvalue weighted by atomic mass is 19.1. The lowest BCUT2D eigenvalue weighted by Gasteiger charge is -2.41. The second-order valence-corrected chi connectivity index (χ2v) is 6.47. The van der Waals surface area contributed by atoms with Crippen LogP contribution in [0.5, 0.6) is 0 Å². The molecule has 1 heterocycles. The number of amides is 1. The minimum absolute atomic E-state index is 0.205. The predicted octanol–water partition coefficient (Wildman–Crippen LogP) is 3.42. The van der Waals surface area contributed by atoms with Gasteiger partial charge in [-0.3, -0.25) is 9.69 Å². The molecule has 2 atom stereocenters. The number of rotatable bonds is 3. The zero-order valence-corrected chi connectivity index (χ0v) is 12.7. The minimum atomic E-state index is -0.737. The van der Waals surface area contributed by atoms with Crippen molar-refractivity contribution >= 4 is 11.6 Å². The number of hydrogen-bond acceptors (Lipinski definition) is 2. The number of carbonyl (C=O) groups is 1. The minimum Gasteiger partial charge on any atom is -0.320 e. The van der Waals surface area contributed by atoms with Gasteiger partial charge in [0.25, 0.3) is 0 Å². The summed E-state index contributed by atoms with van der Waals surface area (Å²) in [5, 5.41) is 2.37. The number of anilines is 1. The number of nitrogens with one attached hydrogen (secondary N) is 1. The molecular weight excluding hydrogens is 286 g/mol. The van der Waals surface area contributed by atoms with E-state index < -0.39 is 11.6 Å². The number of benzene rings is 1. The van der Waals surface area contributed by atoms with Gasteiger partial charge < -0.3 is 5.32 Å². The summed E-state index contributed by atoms with van der Waals surface area (Å²) >= 11 is 0. The number of piperidine rings is 1. The molecule has 1 aliphatic heterocycles. The fourth-order valence-corrected chi connectivity index (χ4v) is 3.82. The molecule has 0 spiro atoms. The fraction of sp³-hybridized carbons (Fsp3) is 0.588. The number of carbonyl (C=O) groups excluding carboxylic acids is 1. The van der Waals surface area contributed by atoms with Crippen molar-refractivity contribution in [3.63, 3.8) is 0 Å². The molecule has 1 aliphatic carbocycles. The summed E-state index contributed by atoms with van der Waals surface area (Å²) in [5.74, 6) is -0.338. The van der Waals surface area contributed by atoms with Crippen molar-refractivity contribution in [2.75, 3.05) is 25.0 Å². The molecule has 1 N–H and O–H groups in total. The van der Waals surface area contributed by atoms with Crippen molar-refractivity contribution in [3.8, 4) is 0 Å². The van der Waals surface area contributed by atoms with Crippen LogP contribution in [-0.4, -0.2) is 30.4 Å². The van der Waals surface area contributed by atoms with Crippen LogP contribution < -0.4 is 5.32 Å². The molecule has 3 nitrogen and oxygen atoms in total. The Balaban J connectivity index is 1.56. The van der Waals surface area contributed by atoms with Gasteiger partial charge in [0.05, 0.1) is 6.54 Å². The van der Waals surface area contributed by atoms with Crippen molar-refractivity contribution in [2.45, 2.75) is 32.1 Å². The van der Waals surface area contributed by atoms with Gasteiger partial charge in [0, 0.05) is 6.54 Å². The summed E-state index contributed by atoms with van der Waals surface area (Å²) < 4.78 is 27.1. The summed E-state index contributed by atoms with van der Waals surface area (Å²) in [5.41, 5.74) is -0.347. The highest BCUT2D eigenvalue weighted by Gasteiger charge is 2.31. The second kappa shape index (κ2) is 6.73. The van der Waals surface area contributed by atoms with E-state index in [4.69, 9.17) is 0 Å². The van der Waals surface area contributed by atoms with Gasteiger partial charge in [-0.2, -0.15) is 0 Å². The molecule has 0 aromatic heterocycles. The smallest absolute Gasteiger partial charge is 0.238 e. The maximum absolute atomic E-state index is 13.5. The van der Waals surface area contributed by atoms with Gasteiger partial charge in [0.15, 0.2) is 0 Å². The largest absolute Gasteiger partial charge is 0.320 e. The average Bonchev–Trinajstić information content (AvgIpc) is 2.51. The van der Waals surface area contributed by atoms with E-state index in [1.165, 1.54) is 31.7 Å². The van der Waals surface area contributed by atoms with Crippen LogP contribution in [0.3, 0.4) is 0 Å². The van der Waals surface area contributed by atoms with E-state index in [0.29, 0.717) is 5.92 Å². The molecule has 1 saturated carbocycles. The van der Waals surface area contributed by atoms with Gasteiger partial charge in [0.2, 0.25) is 5.91 Å². The average molecular weight is 308 g/mol. The van der Waals surface area contributed by atoms with Crippen molar-refractivity contribution in [1.29, 1.82) is 0 Å². The van der Waals surface area contributed by atoms with Crippen LogP contribution >= 0.6 is 0 Å². The van der Waals surface area contributed by atoms with Crippen molar-refractivity contribution in [1.82, 2.24) is 4.90 Å². The van der Waals surface area contributed by atoms with Gasteiger partial charge in [-0.1, -0.05) is 25.3 Å². The monoisotopic (exact) mass is 308 g/mol. The van der Waals surface area contributed by atoms with Crippen LogP contribution in [-0.2, 0) is 4.79 Å². The van der Waals surface area contributed by atoms with E-state index in [-0.39, 0.29) is 18.1 Å². The summed E-state index contributed by atoms with van der Waals surface area (Å²) in [6, 6.07) is 3.58. The number of halogens is 2. The Bertz CT molecular complexity index is 529. The second-order valence-electron chi connectivity index (χ2n) is 6.47. The molecule has 22 heavy (non-hydrogen) atoms. The first-order valence-corrected chi connectivity index (χ1v) is 8.09. The Morgan fingerprint density at radius 2 is 1.82 bits per heavy atom. The summed E-state index contributed by atoms with van der Waals surface area (Å²) in [6.07, 6.45) is 6.29. The fourth-order valence-electron chi connectivity index (χ4n) is 3.82. The first-order valence-electron chi connectivity index (χ1n) is 8.09. The third kappa shape index (κ3) is 3.46. The van der Waals surface area contributed by atoms with E-state index in [2.05, 4.69) is 10.2 Å². The van der Waals surface area contributed by atoms with E-state index >= 15 is 0 Å². The molecule has 2 aliphatic rings. The molecule has 120 valence electrons. The zero-order chi connectivity index (χ0) is 15.5. The van der Waals surface area contributed by atoms with Crippen LogP contribution in [0.1, 0.15) is 32.1 Å². The number of para-hydroxylation sites is 1. The van der Waals surface area contributed by atoms with Gasteiger partial charge in [-0.15, -0.1) is 0 Å². The van der Waals surface area contributed by atoms with Crippen molar-refractivity contribution in [2.24, 2.45) is 11.8 Å². The molecular formula is C17H22F2N2O. The summed E-state index contributed by atoms with van der Waals surface area (Å²) in [4.78, 5) is 14.2. The topological polar surface area (TPSA) is 32.3 Å². The quantitative estimate of drug-likeness (QED) is 0.928. The normalized spacial score (nSPS) is 25.5. The molecule has 5 heteroatoms. The van der Waals surface area contributed by atoms with Gasteiger partial charge in [-0.05, 0) is 43.4 Å². The number of fused-ring (bicyclic) bond motifs is 1. The van der Waals surface area contributed by atoms with Crippen LogP contribution in [0.4, 0.5) is 14.5 Å². The lowest BCUT2D eigenvalue weighted by atomic mass is 9.75. The highest BCUT2D eigenvalue weighted by Crippen LogP contribution is 2.35. The molecule has 1 amide bonds. The van der Waals surface area contributed by atoms with E-state index in [1.807, 2.05) is 0 Å². The van der Waals surface area contributed by atoms with Crippen molar-refractivity contribution in [3.05, 3.63) is 29.8 Å². The van der Waals surface area contributed by atoms with Gasteiger partial charge >= 0.3 is 0 Å². The Kier molecular flexibility index (Phi) is 4.71.